The van der Waals surface area contributed by atoms with E-state index < -0.39 is 0 Å². The minimum Gasteiger partial charge on any atom is -0.352 e. The molecule has 3 atom stereocenters. The van der Waals surface area contributed by atoms with E-state index in [9.17, 15) is 4.79 Å². The molecule has 1 heterocycles. The van der Waals surface area contributed by atoms with Crippen molar-refractivity contribution in [1.29, 1.82) is 0 Å². The van der Waals surface area contributed by atoms with E-state index in [-0.39, 0.29) is 11.2 Å². The molecular weight excluding hydrogens is 368 g/mol. The van der Waals surface area contributed by atoms with Crippen LogP contribution in [-0.4, -0.2) is 32.0 Å². The molecule has 1 fully saturated rings. The van der Waals surface area contributed by atoms with Crippen LogP contribution in [0.25, 0.3) is 11.4 Å². The van der Waals surface area contributed by atoms with Gasteiger partial charge in [-0.2, -0.15) is 0 Å². The van der Waals surface area contributed by atoms with Crippen LogP contribution in [0, 0.1) is 5.92 Å². The number of thioether (sulfide) groups is 1. The smallest absolute Gasteiger partial charge is 0.233 e. The van der Waals surface area contributed by atoms with Crippen LogP contribution < -0.4 is 5.32 Å². The molecule has 1 amide bonds. The zero-order valence-corrected chi connectivity index (χ0v) is 17.0. The molecule has 0 bridgehead atoms. The summed E-state index contributed by atoms with van der Waals surface area (Å²) in [5.41, 5.74) is 0.949. The van der Waals surface area contributed by atoms with Crippen molar-refractivity contribution in [2.45, 2.75) is 56.0 Å². The molecule has 3 rings (SSSR count). The number of nitrogens with one attached hydrogen (secondary N) is 1. The van der Waals surface area contributed by atoms with Crippen LogP contribution in [0.2, 0.25) is 5.02 Å². The largest absolute Gasteiger partial charge is 0.352 e. The molecule has 26 heavy (non-hydrogen) atoms. The molecule has 1 N–H and O–H groups in total. The van der Waals surface area contributed by atoms with Gasteiger partial charge in [0.15, 0.2) is 11.0 Å². The number of hydrogen-bond acceptors (Lipinski definition) is 4. The number of halogens is 1. The topological polar surface area (TPSA) is 59.8 Å². The average Bonchev–Trinajstić information content (AvgIpc) is 2.98. The van der Waals surface area contributed by atoms with Crippen LogP contribution in [0.5, 0.6) is 0 Å². The van der Waals surface area contributed by atoms with Gasteiger partial charge in [-0.1, -0.05) is 43.1 Å². The van der Waals surface area contributed by atoms with Crippen molar-refractivity contribution in [3.63, 3.8) is 0 Å². The number of rotatable bonds is 5. The second kappa shape index (κ2) is 8.44. The van der Waals surface area contributed by atoms with Gasteiger partial charge >= 0.3 is 0 Å². The van der Waals surface area contributed by atoms with Crippen molar-refractivity contribution in [2.75, 3.05) is 0 Å². The van der Waals surface area contributed by atoms with Crippen molar-refractivity contribution >= 4 is 29.3 Å². The van der Waals surface area contributed by atoms with E-state index in [4.69, 9.17) is 11.6 Å². The normalized spacial score (nSPS) is 21.4. The van der Waals surface area contributed by atoms with Crippen LogP contribution in [-0.2, 0) is 11.8 Å². The zero-order valence-electron chi connectivity index (χ0n) is 15.4. The van der Waals surface area contributed by atoms with E-state index in [0.29, 0.717) is 17.0 Å². The molecule has 1 aromatic carbocycles. The second-order valence-electron chi connectivity index (χ2n) is 7.01. The molecule has 0 spiro atoms. The van der Waals surface area contributed by atoms with Gasteiger partial charge in [0.25, 0.3) is 0 Å². The monoisotopic (exact) mass is 392 g/mol. The van der Waals surface area contributed by atoms with E-state index >= 15 is 0 Å². The number of carbonyl (C=O) groups is 1. The lowest BCUT2D eigenvalue weighted by molar-refractivity contribution is -0.121. The van der Waals surface area contributed by atoms with Crippen LogP contribution in [0.15, 0.2) is 29.4 Å². The number of nitrogens with zero attached hydrogens (tertiary/aromatic N) is 3. The van der Waals surface area contributed by atoms with Crippen LogP contribution in [0.4, 0.5) is 0 Å². The third kappa shape index (κ3) is 4.41. The minimum atomic E-state index is -0.218. The number of amides is 1. The Bertz CT molecular complexity index is 761. The highest BCUT2D eigenvalue weighted by Crippen LogP contribution is 2.28. The molecule has 1 aliphatic carbocycles. The molecule has 2 aromatic rings. The van der Waals surface area contributed by atoms with Crippen LogP contribution in [0.3, 0.4) is 0 Å². The maximum Gasteiger partial charge on any atom is 0.233 e. The first-order valence-corrected chi connectivity index (χ1v) is 10.3. The summed E-state index contributed by atoms with van der Waals surface area (Å²) in [6.07, 6.45) is 4.74. The molecule has 1 saturated carbocycles. The second-order valence-corrected chi connectivity index (χ2v) is 8.75. The highest BCUT2D eigenvalue weighted by atomic mass is 35.5. The van der Waals surface area contributed by atoms with E-state index in [1.54, 1.807) is 0 Å². The summed E-state index contributed by atoms with van der Waals surface area (Å²) in [6.45, 7) is 4.15. The summed E-state index contributed by atoms with van der Waals surface area (Å²) in [6, 6.07) is 7.80. The van der Waals surface area contributed by atoms with Gasteiger partial charge in [0.1, 0.15) is 0 Å². The van der Waals surface area contributed by atoms with Gasteiger partial charge in [0.05, 0.1) is 5.25 Å². The average molecular weight is 393 g/mol. The first-order chi connectivity index (χ1) is 12.5. The van der Waals surface area contributed by atoms with Crippen molar-refractivity contribution < 1.29 is 4.79 Å². The maximum absolute atomic E-state index is 12.6. The van der Waals surface area contributed by atoms with Crippen molar-refractivity contribution in [3.8, 4) is 11.4 Å². The number of carbonyl (C=O) groups excluding carboxylic acids is 1. The summed E-state index contributed by atoms with van der Waals surface area (Å²) in [4.78, 5) is 12.6. The minimum absolute atomic E-state index is 0.0739. The lowest BCUT2D eigenvalue weighted by Crippen LogP contribution is -2.44. The summed E-state index contributed by atoms with van der Waals surface area (Å²) >= 11 is 7.38. The van der Waals surface area contributed by atoms with Crippen LogP contribution in [0.1, 0.15) is 39.5 Å². The van der Waals surface area contributed by atoms with Gasteiger partial charge < -0.3 is 9.88 Å². The summed E-state index contributed by atoms with van der Waals surface area (Å²) in [7, 11) is 1.92. The molecule has 0 radical (unpaired) electrons. The summed E-state index contributed by atoms with van der Waals surface area (Å²) < 4.78 is 1.92. The predicted octanol–water partition coefficient (Wildman–Crippen LogP) is 4.31. The lowest BCUT2D eigenvalue weighted by atomic mass is 9.86. The van der Waals surface area contributed by atoms with Gasteiger partial charge in [0, 0.05) is 23.7 Å². The number of benzene rings is 1. The third-order valence-electron chi connectivity index (χ3n) is 5.03. The van der Waals surface area contributed by atoms with Crippen molar-refractivity contribution in [3.05, 3.63) is 29.3 Å². The Morgan fingerprint density at radius 1 is 1.27 bits per heavy atom. The molecule has 7 heteroatoms. The van der Waals surface area contributed by atoms with E-state index in [0.717, 1.165) is 23.0 Å². The van der Waals surface area contributed by atoms with Gasteiger partial charge in [-0.25, -0.2) is 0 Å². The summed E-state index contributed by atoms with van der Waals surface area (Å²) in [5.74, 6) is 1.39. The molecule has 0 unspecified atom stereocenters. The van der Waals surface area contributed by atoms with Crippen LogP contribution >= 0.6 is 23.4 Å². The predicted molar refractivity (Wildman–Crippen MR) is 106 cm³/mol. The Morgan fingerprint density at radius 3 is 2.65 bits per heavy atom. The molecule has 140 valence electrons. The van der Waals surface area contributed by atoms with E-state index in [2.05, 4.69) is 22.4 Å². The lowest BCUT2D eigenvalue weighted by Gasteiger charge is -2.30. The summed E-state index contributed by atoms with van der Waals surface area (Å²) in [5, 5.41) is 13.0. The Kier molecular flexibility index (Phi) is 6.24. The van der Waals surface area contributed by atoms with Gasteiger partial charge in [-0.15, -0.1) is 10.2 Å². The molecule has 5 nitrogen and oxygen atoms in total. The molecule has 0 aliphatic heterocycles. The fraction of sp³-hybridized carbons (Fsp3) is 0.526. The molecule has 1 aromatic heterocycles. The Morgan fingerprint density at radius 2 is 1.96 bits per heavy atom. The van der Waals surface area contributed by atoms with Crippen molar-refractivity contribution in [1.82, 2.24) is 20.1 Å². The van der Waals surface area contributed by atoms with Crippen molar-refractivity contribution in [2.24, 2.45) is 13.0 Å². The molecular formula is C19H25ClN4OS. The quantitative estimate of drug-likeness (QED) is 0.770. The standard InChI is InChI=1S/C19H25ClN4OS/c1-12-6-4-5-7-16(12)21-18(25)13(2)26-19-23-22-17(24(19)3)14-8-10-15(20)11-9-14/h8-13,16H,4-7H2,1-3H3,(H,21,25)/t12-,13+,16+/m0/s1. The van der Waals surface area contributed by atoms with E-state index in [1.165, 1.54) is 31.0 Å². The Hall–Kier alpha value is -1.53. The molecule has 1 aliphatic rings. The third-order valence-corrected chi connectivity index (χ3v) is 6.41. The van der Waals surface area contributed by atoms with Gasteiger partial charge in [0.2, 0.25) is 5.91 Å². The fourth-order valence-corrected chi connectivity index (χ4v) is 4.26. The maximum atomic E-state index is 12.6. The Balaban J connectivity index is 1.65. The SMILES string of the molecule is C[C@@H](Sc1nnc(-c2ccc(Cl)cc2)n1C)C(=O)N[C@@H]1CCCC[C@@H]1C. The highest BCUT2D eigenvalue weighted by Gasteiger charge is 2.26. The zero-order chi connectivity index (χ0) is 18.7. The van der Waals surface area contributed by atoms with Gasteiger partial charge in [-0.05, 0) is 49.9 Å². The van der Waals surface area contributed by atoms with E-state index in [1.807, 2.05) is 42.8 Å². The fourth-order valence-electron chi connectivity index (χ4n) is 3.31. The number of hydrogen-bond donors (Lipinski definition) is 1. The van der Waals surface area contributed by atoms with Gasteiger partial charge in [-0.3, -0.25) is 4.79 Å². The first-order valence-electron chi connectivity index (χ1n) is 9.08. The first kappa shape index (κ1) is 19.2. The Labute approximate surface area is 163 Å². The number of aromatic nitrogens is 3. The highest BCUT2D eigenvalue weighted by molar-refractivity contribution is 8.00. The molecule has 0 saturated heterocycles.